The average molecular weight is 223 g/mol. The van der Waals surface area contributed by atoms with Gasteiger partial charge in [-0.05, 0) is 18.6 Å². The molecule has 0 atom stereocenters. The Morgan fingerprint density at radius 1 is 1.44 bits per heavy atom. The van der Waals surface area contributed by atoms with Gasteiger partial charge in [0, 0.05) is 6.20 Å². The predicted molar refractivity (Wildman–Crippen MR) is 60.8 cm³/mol. The van der Waals surface area contributed by atoms with Crippen molar-refractivity contribution >= 4 is 5.97 Å². The summed E-state index contributed by atoms with van der Waals surface area (Å²) in [6.45, 7) is 2.67. The first kappa shape index (κ1) is 12.5. The Hall–Kier alpha value is -1.58. The van der Waals surface area contributed by atoms with Crippen molar-refractivity contribution in [3.05, 3.63) is 23.9 Å². The largest absolute Gasteiger partial charge is 0.477 e. The number of carboxylic acids is 1. The molecule has 1 N–H and O–H groups in total. The van der Waals surface area contributed by atoms with Crippen LogP contribution in [-0.4, -0.2) is 22.7 Å². The third-order valence-corrected chi connectivity index (χ3v) is 2.24. The summed E-state index contributed by atoms with van der Waals surface area (Å²) in [5.41, 5.74) is 0.123. The second kappa shape index (κ2) is 6.82. The molecule has 0 saturated carbocycles. The molecule has 0 saturated heterocycles. The highest BCUT2D eigenvalue weighted by molar-refractivity contribution is 5.90. The van der Waals surface area contributed by atoms with Gasteiger partial charge in [-0.25, -0.2) is 9.78 Å². The smallest absolute Gasteiger partial charge is 0.341 e. The molecule has 4 heteroatoms. The van der Waals surface area contributed by atoms with Gasteiger partial charge in [-0.3, -0.25) is 0 Å². The highest BCUT2D eigenvalue weighted by Gasteiger charge is 2.11. The minimum absolute atomic E-state index is 0.123. The third kappa shape index (κ3) is 3.88. The Morgan fingerprint density at radius 2 is 2.25 bits per heavy atom. The zero-order valence-electron chi connectivity index (χ0n) is 9.48. The summed E-state index contributed by atoms with van der Waals surface area (Å²) in [7, 11) is 0. The van der Waals surface area contributed by atoms with Gasteiger partial charge in [0.1, 0.15) is 5.56 Å². The summed E-state index contributed by atoms with van der Waals surface area (Å²) in [5.74, 6) is -0.789. The third-order valence-electron chi connectivity index (χ3n) is 2.24. The second-order valence-electron chi connectivity index (χ2n) is 3.57. The van der Waals surface area contributed by atoms with Crippen LogP contribution in [0.3, 0.4) is 0 Å². The molecule has 0 fully saturated rings. The molecule has 1 aromatic rings. The van der Waals surface area contributed by atoms with Crippen molar-refractivity contribution in [3.63, 3.8) is 0 Å². The number of pyridine rings is 1. The van der Waals surface area contributed by atoms with Crippen molar-refractivity contribution in [2.75, 3.05) is 6.61 Å². The van der Waals surface area contributed by atoms with Gasteiger partial charge in [0.05, 0.1) is 6.61 Å². The standard InChI is InChI=1S/C12H17NO3/c1-2-3-4-5-9-16-11-10(12(14)15)7-6-8-13-11/h6-8H,2-5,9H2,1H3,(H,14,15). The van der Waals surface area contributed by atoms with E-state index in [0.717, 1.165) is 12.8 Å². The molecule has 4 nitrogen and oxygen atoms in total. The van der Waals surface area contributed by atoms with E-state index in [0.29, 0.717) is 6.61 Å². The highest BCUT2D eigenvalue weighted by Crippen LogP contribution is 2.14. The lowest BCUT2D eigenvalue weighted by Crippen LogP contribution is -2.06. The minimum atomic E-state index is -1.00. The maximum atomic E-state index is 10.8. The van der Waals surface area contributed by atoms with Crippen LogP contribution in [0.1, 0.15) is 43.0 Å². The molecule has 0 aliphatic heterocycles. The lowest BCUT2D eigenvalue weighted by atomic mass is 10.2. The Kier molecular flexibility index (Phi) is 5.32. The van der Waals surface area contributed by atoms with E-state index >= 15 is 0 Å². The number of carboxylic acid groups (broad SMARTS) is 1. The topological polar surface area (TPSA) is 59.4 Å². The molecule has 0 aliphatic carbocycles. The van der Waals surface area contributed by atoms with Crippen LogP contribution in [0, 0.1) is 0 Å². The van der Waals surface area contributed by atoms with E-state index in [-0.39, 0.29) is 11.4 Å². The molecule has 0 radical (unpaired) electrons. The van der Waals surface area contributed by atoms with Gasteiger partial charge in [-0.15, -0.1) is 0 Å². The van der Waals surface area contributed by atoms with Crippen LogP contribution in [0.2, 0.25) is 0 Å². The van der Waals surface area contributed by atoms with E-state index in [2.05, 4.69) is 11.9 Å². The number of hydrogen-bond acceptors (Lipinski definition) is 3. The fraction of sp³-hybridized carbons (Fsp3) is 0.500. The molecule has 1 heterocycles. The van der Waals surface area contributed by atoms with Crippen molar-refractivity contribution in [1.82, 2.24) is 4.98 Å². The fourth-order valence-electron chi connectivity index (χ4n) is 1.37. The fourth-order valence-corrected chi connectivity index (χ4v) is 1.37. The van der Waals surface area contributed by atoms with Crippen LogP contribution >= 0.6 is 0 Å². The quantitative estimate of drug-likeness (QED) is 0.722. The number of nitrogens with zero attached hydrogens (tertiary/aromatic N) is 1. The van der Waals surface area contributed by atoms with Crippen LogP contribution in [0.4, 0.5) is 0 Å². The zero-order valence-corrected chi connectivity index (χ0v) is 9.48. The van der Waals surface area contributed by atoms with E-state index in [1.54, 1.807) is 6.07 Å². The molecule has 16 heavy (non-hydrogen) atoms. The molecule has 0 amide bonds. The van der Waals surface area contributed by atoms with E-state index in [1.165, 1.54) is 25.1 Å². The van der Waals surface area contributed by atoms with Crippen LogP contribution in [0.25, 0.3) is 0 Å². The SMILES string of the molecule is CCCCCCOc1ncccc1C(=O)O. The van der Waals surface area contributed by atoms with Crippen LogP contribution in [-0.2, 0) is 0 Å². The number of rotatable bonds is 7. The van der Waals surface area contributed by atoms with Crippen molar-refractivity contribution in [2.45, 2.75) is 32.6 Å². The minimum Gasteiger partial charge on any atom is -0.477 e. The first-order chi connectivity index (χ1) is 7.75. The number of unbranched alkanes of at least 4 members (excludes halogenated alkanes) is 3. The van der Waals surface area contributed by atoms with Gasteiger partial charge in [0.25, 0.3) is 0 Å². The number of carbonyl (C=O) groups is 1. The summed E-state index contributed by atoms with van der Waals surface area (Å²) in [4.78, 5) is 14.8. The molecule has 0 aromatic carbocycles. The van der Waals surface area contributed by atoms with E-state index in [1.807, 2.05) is 0 Å². The monoisotopic (exact) mass is 223 g/mol. The molecule has 1 rings (SSSR count). The molecule has 1 aromatic heterocycles. The summed E-state index contributed by atoms with van der Waals surface area (Å²) in [6, 6.07) is 3.09. The molecule has 0 unspecified atom stereocenters. The Balaban J connectivity index is 2.44. The lowest BCUT2D eigenvalue weighted by molar-refractivity contribution is 0.0691. The number of aromatic carboxylic acids is 1. The normalized spacial score (nSPS) is 10.1. The summed E-state index contributed by atoms with van der Waals surface area (Å²) < 4.78 is 5.35. The molecular weight excluding hydrogens is 206 g/mol. The van der Waals surface area contributed by atoms with Crippen LogP contribution in [0.5, 0.6) is 5.88 Å². The number of hydrogen-bond donors (Lipinski definition) is 1. The van der Waals surface area contributed by atoms with Crippen LogP contribution in [0.15, 0.2) is 18.3 Å². The molecular formula is C12H17NO3. The van der Waals surface area contributed by atoms with Crippen molar-refractivity contribution < 1.29 is 14.6 Å². The van der Waals surface area contributed by atoms with Crippen LogP contribution < -0.4 is 4.74 Å². The molecule has 0 spiro atoms. The number of aromatic nitrogens is 1. The Bertz CT molecular complexity index is 339. The van der Waals surface area contributed by atoms with Crippen molar-refractivity contribution in [3.8, 4) is 5.88 Å². The summed E-state index contributed by atoms with van der Waals surface area (Å²) in [5, 5.41) is 8.89. The zero-order chi connectivity index (χ0) is 11.8. The highest BCUT2D eigenvalue weighted by atomic mass is 16.5. The van der Waals surface area contributed by atoms with Crippen molar-refractivity contribution in [1.29, 1.82) is 0 Å². The summed E-state index contributed by atoms with van der Waals surface area (Å²) >= 11 is 0. The van der Waals surface area contributed by atoms with Crippen molar-refractivity contribution in [2.24, 2.45) is 0 Å². The lowest BCUT2D eigenvalue weighted by Gasteiger charge is -2.06. The average Bonchev–Trinajstić information content (AvgIpc) is 2.29. The Morgan fingerprint density at radius 3 is 2.94 bits per heavy atom. The van der Waals surface area contributed by atoms with Gasteiger partial charge < -0.3 is 9.84 Å². The number of ether oxygens (including phenoxy) is 1. The summed E-state index contributed by atoms with van der Waals surface area (Å²) in [6.07, 6.45) is 5.92. The first-order valence-corrected chi connectivity index (χ1v) is 5.56. The van der Waals surface area contributed by atoms with Gasteiger partial charge in [0.2, 0.25) is 5.88 Å². The van der Waals surface area contributed by atoms with E-state index in [4.69, 9.17) is 9.84 Å². The van der Waals surface area contributed by atoms with Gasteiger partial charge >= 0.3 is 5.97 Å². The van der Waals surface area contributed by atoms with E-state index in [9.17, 15) is 4.79 Å². The molecule has 88 valence electrons. The Labute approximate surface area is 95.3 Å². The second-order valence-corrected chi connectivity index (χ2v) is 3.57. The maximum Gasteiger partial charge on any atom is 0.341 e. The first-order valence-electron chi connectivity index (χ1n) is 5.56. The predicted octanol–water partition coefficient (Wildman–Crippen LogP) is 2.74. The molecule has 0 bridgehead atoms. The van der Waals surface area contributed by atoms with Gasteiger partial charge in [-0.2, -0.15) is 0 Å². The van der Waals surface area contributed by atoms with Gasteiger partial charge in [-0.1, -0.05) is 26.2 Å². The van der Waals surface area contributed by atoms with Gasteiger partial charge in [0.15, 0.2) is 0 Å². The molecule has 0 aliphatic rings. The maximum absolute atomic E-state index is 10.8. The van der Waals surface area contributed by atoms with E-state index < -0.39 is 5.97 Å².